The topological polar surface area (TPSA) is 62.1 Å². The van der Waals surface area contributed by atoms with Crippen molar-refractivity contribution in [2.24, 2.45) is 5.92 Å². The van der Waals surface area contributed by atoms with Crippen LogP contribution in [-0.2, 0) is 0 Å². The number of amides is 1. The van der Waals surface area contributed by atoms with Gasteiger partial charge in [0.15, 0.2) is 0 Å². The Morgan fingerprint density at radius 3 is 2.88 bits per heavy atom. The van der Waals surface area contributed by atoms with Crippen LogP contribution in [0.25, 0.3) is 0 Å². The number of carbonyl (C=O) groups is 1. The number of methoxy groups -OCH3 is 1. The lowest BCUT2D eigenvalue weighted by molar-refractivity contribution is 0.0948. The fraction of sp³-hybridized carbons (Fsp3) is 0.333. The number of ether oxygens (including phenoxy) is 1. The zero-order valence-electron chi connectivity index (χ0n) is 9.36. The molecule has 4 heteroatoms. The molecule has 1 aromatic carbocycles. The summed E-state index contributed by atoms with van der Waals surface area (Å²) < 4.78 is 5.07. The number of rotatable bonds is 4. The summed E-state index contributed by atoms with van der Waals surface area (Å²) in [5.41, 5.74) is 0.482. The minimum atomic E-state index is -0.223. The molecule has 16 heavy (non-hydrogen) atoms. The first kappa shape index (κ1) is 12.1. The minimum absolute atomic E-state index is 0.196. The molecule has 4 nitrogen and oxygen atoms in total. The highest BCUT2D eigenvalue weighted by Crippen LogP contribution is 2.16. The third kappa shape index (κ3) is 2.99. The molecule has 1 unspecified atom stereocenters. The summed E-state index contributed by atoms with van der Waals surface area (Å²) in [7, 11) is 1.52. The maximum Gasteiger partial charge on any atom is 0.255 e. The van der Waals surface area contributed by atoms with Crippen LogP contribution in [0.2, 0.25) is 0 Å². The van der Waals surface area contributed by atoms with Gasteiger partial charge in [0.05, 0.1) is 24.7 Å². The van der Waals surface area contributed by atoms with Crippen LogP contribution in [-0.4, -0.2) is 19.6 Å². The normalized spacial score (nSPS) is 11.3. The van der Waals surface area contributed by atoms with Crippen LogP contribution in [0, 0.1) is 17.2 Å². The van der Waals surface area contributed by atoms with Gasteiger partial charge in [-0.1, -0.05) is 12.1 Å². The number of nitrogens with zero attached hydrogens (tertiary/aromatic N) is 1. The van der Waals surface area contributed by atoms with Crippen LogP contribution in [0.4, 0.5) is 0 Å². The molecule has 1 atom stereocenters. The van der Waals surface area contributed by atoms with Crippen molar-refractivity contribution in [2.45, 2.75) is 6.92 Å². The zero-order chi connectivity index (χ0) is 12.0. The molecule has 0 saturated heterocycles. The molecule has 1 aromatic rings. The number of hydrogen-bond acceptors (Lipinski definition) is 3. The Hall–Kier alpha value is -2.02. The van der Waals surface area contributed by atoms with Crippen LogP contribution in [0.15, 0.2) is 24.3 Å². The van der Waals surface area contributed by atoms with Crippen molar-refractivity contribution in [1.82, 2.24) is 5.32 Å². The molecule has 0 aromatic heterocycles. The van der Waals surface area contributed by atoms with Gasteiger partial charge in [-0.05, 0) is 19.1 Å². The molecule has 0 heterocycles. The third-order valence-corrected chi connectivity index (χ3v) is 2.14. The predicted molar refractivity (Wildman–Crippen MR) is 60.1 cm³/mol. The van der Waals surface area contributed by atoms with Crippen LogP contribution < -0.4 is 10.1 Å². The second kappa shape index (κ2) is 5.76. The number of para-hydroxylation sites is 1. The second-order valence-electron chi connectivity index (χ2n) is 3.44. The highest BCUT2D eigenvalue weighted by molar-refractivity contribution is 5.96. The highest BCUT2D eigenvalue weighted by Gasteiger charge is 2.11. The van der Waals surface area contributed by atoms with Crippen molar-refractivity contribution in [3.63, 3.8) is 0 Å². The maximum absolute atomic E-state index is 11.7. The standard InChI is InChI=1S/C12H14N2O2/c1-9(7-13)8-14-12(15)10-5-3-4-6-11(10)16-2/h3-6,9H,8H2,1-2H3,(H,14,15). The van der Waals surface area contributed by atoms with E-state index in [0.29, 0.717) is 17.9 Å². The first-order valence-corrected chi connectivity index (χ1v) is 5.00. The van der Waals surface area contributed by atoms with E-state index >= 15 is 0 Å². The van der Waals surface area contributed by atoms with Crippen LogP contribution in [0.1, 0.15) is 17.3 Å². The molecule has 1 amide bonds. The molecule has 0 fully saturated rings. The molecular formula is C12H14N2O2. The first-order valence-electron chi connectivity index (χ1n) is 5.00. The summed E-state index contributed by atoms with van der Waals surface area (Å²) >= 11 is 0. The fourth-order valence-corrected chi connectivity index (χ4v) is 1.22. The van der Waals surface area contributed by atoms with Gasteiger partial charge in [-0.2, -0.15) is 5.26 Å². The van der Waals surface area contributed by atoms with Crippen molar-refractivity contribution in [3.05, 3.63) is 29.8 Å². The Labute approximate surface area is 94.8 Å². The van der Waals surface area contributed by atoms with E-state index in [9.17, 15) is 4.79 Å². The van der Waals surface area contributed by atoms with Gasteiger partial charge in [0.2, 0.25) is 0 Å². The van der Waals surface area contributed by atoms with Crippen molar-refractivity contribution in [1.29, 1.82) is 5.26 Å². The van der Waals surface area contributed by atoms with Crippen molar-refractivity contribution in [2.75, 3.05) is 13.7 Å². The van der Waals surface area contributed by atoms with Gasteiger partial charge in [0, 0.05) is 6.54 Å². The smallest absolute Gasteiger partial charge is 0.255 e. The Kier molecular flexibility index (Phi) is 4.34. The van der Waals surface area contributed by atoms with Crippen LogP contribution in [0.5, 0.6) is 5.75 Å². The molecule has 0 saturated carbocycles. The summed E-state index contributed by atoms with van der Waals surface area (Å²) in [6, 6.07) is 9.03. The van der Waals surface area contributed by atoms with Crippen molar-refractivity contribution in [3.8, 4) is 11.8 Å². The van der Waals surface area contributed by atoms with E-state index in [1.807, 2.05) is 0 Å². The number of carbonyl (C=O) groups excluding carboxylic acids is 1. The molecular weight excluding hydrogens is 204 g/mol. The SMILES string of the molecule is COc1ccccc1C(=O)NCC(C)C#N. The molecule has 84 valence electrons. The lowest BCUT2D eigenvalue weighted by Gasteiger charge is -2.09. The molecule has 0 spiro atoms. The minimum Gasteiger partial charge on any atom is -0.496 e. The Bertz CT molecular complexity index is 410. The largest absolute Gasteiger partial charge is 0.496 e. The van der Waals surface area contributed by atoms with Crippen LogP contribution in [0.3, 0.4) is 0 Å². The molecule has 0 bridgehead atoms. The number of nitrogens with one attached hydrogen (secondary N) is 1. The van der Waals surface area contributed by atoms with E-state index in [4.69, 9.17) is 10.00 Å². The summed E-state index contributed by atoms with van der Waals surface area (Å²) in [6.45, 7) is 2.09. The molecule has 0 aliphatic carbocycles. The lowest BCUT2D eigenvalue weighted by Crippen LogP contribution is -2.28. The van der Waals surface area contributed by atoms with Gasteiger partial charge in [0.25, 0.3) is 5.91 Å². The van der Waals surface area contributed by atoms with Gasteiger partial charge in [-0.25, -0.2) is 0 Å². The molecule has 1 rings (SSSR count). The molecule has 0 aliphatic heterocycles. The van der Waals surface area contributed by atoms with E-state index in [0.717, 1.165) is 0 Å². The van der Waals surface area contributed by atoms with Gasteiger partial charge in [-0.15, -0.1) is 0 Å². The molecule has 0 radical (unpaired) electrons. The summed E-state index contributed by atoms with van der Waals surface area (Å²) in [4.78, 5) is 11.7. The van der Waals surface area contributed by atoms with E-state index < -0.39 is 0 Å². The van der Waals surface area contributed by atoms with E-state index in [2.05, 4.69) is 11.4 Å². The van der Waals surface area contributed by atoms with E-state index in [1.54, 1.807) is 31.2 Å². The average Bonchev–Trinajstić information content (AvgIpc) is 2.35. The maximum atomic E-state index is 11.7. The van der Waals surface area contributed by atoms with Gasteiger partial charge >= 0.3 is 0 Å². The van der Waals surface area contributed by atoms with Crippen molar-refractivity contribution >= 4 is 5.91 Å². The molecule has 0 aliphatic rings. The Morgan fingerprint density at radius 1 is 1.56 bits per heavy atom. The van der Waals surface area contributed by atoms with Crippen LogP contribution >= 0.6 is 0 Å². The van der Waals surface area contributed by atoms with Gasteiger partial charge < -0.3 is 10.1 Å². The van der Waals surface area contributed by atoms with E-state index in [-0.39, 0.29) is 11.8 Å². The number of benzene rings is 1. The second-order valence-corrected chi connectivity index (χ2v) is 3.44. The Balaban J connectivity index is 2.70. The average molecular weight is 218 g/mol. The number of nitriles is 1. The van der Waals surface area contributed by atoms with Gasteiger partial charge in [-0.3, -0.25) is 4.79 Å². The summed E-state index contributed by atoms with van der Waals surface area (Å²) in [5, 5.41) is 11.3. The zero-order valence-corrected chi connectivity index (χ0v) is 9.36. The van der Waals surface area contributed by atoms with E-state index in [1.165, 1.54) is 7.11 Å². The third-order valence-electron chi connectivity index (χ3n) is 2.14. The monoisotopic (exact) mass is 218 g/mol. The number of hydrogen-bond donors (Lipinski definition) is 1. The summed E-state index contributed by atoms with van der Waals surface area (Å²) in [5.74, 6) is 0.114. The Morgan fingerprint density at radius 2 is 2.25 bits per heavy atom. The fourth-order valence-electron chi connectivity index (χ4n) is 1.22. The quantitative estimate of drug-likeness (QED) is 0.834. The van der Waals surface area contributed by atoms with Crippen molar-refractivity contribution < 1.29 is 9.53 Å². The summed E-state index contributed by atoms with van der Waals surface area (Å²) in [6.07, 6.45) is 0. The first-order chi connectivity index (χ1) is 7.69. The van der Waals surface area contributed by atoms with Gasteiger partial charge in [0.1, 0.15) is 5.75 Å². The predicted octanol–water partition coefficient (Wildman–Crippen LogP) is 1.58. The lowest BCUT2D eigenvalue weighted by atomic mass is 10.1. The highest BCUT2D eigenvalue weighted by atomic mass is 16.5. The molecule has 1 N–H and O–H groups in total.